The van der Waals surface area contributed by atoms with E-state index in [1.54, 1.807) is 41.4 Å². The quantitative estimate of drug-likeness (QED) is 0.361. The van der Waals surface area contributed by atoms with Crippen LogP contribution in [0.15, 0.2) is 66.2 Å². The van der Waals surface area contributed by atoms with Crippen molar-refractivity contribution in [2.24, 2.45) is 0 Å². The molecule has 2 heterocycles. The molecule has 4 rings (SSSR count). The highest BCUT2D eigenvalue weighted by molar-refractivity contribution is 7.09. The van der Waals surface area contributed by atoms with Crippen LogP contribution < -0.4 is 10.6 Å². The summed E-state index contributed by atoms with van der Waals surface area (Å²) < 4.78 is 13.7. The van der Waals surface area contributed by atoms with Gasteiger partial charge in [-0.3, -0.25) is 14.4 Å². The summed E-state index contributed by atoms with van der Waals surface area (Å²) in [6.07, 6.45) is 6.08. The number of benzene rings is 1. The van der Waals surface area contributed by atoms with Gasteiger partial charge in [0.25, 0.3) is 0 Å². The van der Waals surface area contributed by atoms with Crippen LogP contribution in [0.25, 0.3) is 0 Å². The molecule has 3 aromatic rings. The first-order valence-electron chi connectivity index (χ1n) is 12.6. The Balaban J connectivity index is 1.50. The lowest BCUT2D eigenvalue weighted by Gasteiger charge is -2.32. The largest absolute Gasteiger partial charge is 0.351 e. The minimum atomic E-state index is -0.904. The Bertz CT molecular complexity index is 1170. The molecule has 9 heteroatoms. The van der Waals surface area contributed by atoms with E-state index in [4.69, 9.17) is 0 Å². The molecule has 7 nitrogen and oxygen atoms in total. The average molecular weight is 523 g/mol. The topological polar surface area (TPSA) is 91.4 Å². The predicted molar refractivity (Wildman–Crippen MR) is 141 cm³/mol. The van der Waals surface area contributed by atoms with Crippen molar-refractivity contribution in [2.75, 3.05) is 5.32 Å². The van der Waals surface area contributed by atoms with Crippen LogP contribution in [0.5, 0.6) is 0 Å². The fraction of sp³-hybridized carbons (Fsp3) is 0.357. The number of nitrogens with zero attached hydrogens (tertiary/aromatic N) is 2. The van der Waals surface area contributed by atoms with Gasteiger partial charge in [-0.25, -0.2) is 9.37 Å². The van der Waals surface area contributed by atoms with Crippen LogP contribution in [0.1, 0.15) is 61.4 Å². The van der Waals surface area contributed by atoms with E-state index in [2.05, 4.69) is 15.6 Å². The Morgan fingerprint density at radius 2 is 1.81 bits per heavy atom. The van der Waals surface area contributed by atoms with Crippen LogP contribution in [0.3, 0.4) is 0 Å². The van der Waals surface area contributed by atoms with Crippen molar-refractivity contribution in [2.45, 2.75) is 63.6 Å². The van der Waals surface area contributed by atoms with Crippen molar-refractivity contribution in [3.8, 4) is 0 Å². The molecule has 1 fully saturated rings. The third-order valence-electron chi connectivity index (χ3n) is 6.40. The second-order valence-electron chi connectivity index (χ2n) is 9.16. The SMILES string of the molecule is O=C(CCCC(=O)N(Cc1cccs1)[C@@H](C(=O)NC1CCCC1)c1ccc(F)cc1)Nc1ccccn1. The normalized spacial score (nSPS) is 14.2. The Labute approximate surface area is 220 Å². The van der Waals surface area contributed by atoms with Crippen molar-refractivity contribution < 1.29 is 18.8 Å². The Kier molecular flexibility index (Phi) is 9.37. The summed E-state index contributed by atoms with van der Waals surface area (Å²) in [5.74, 6) is -0.691. The number of hydrogen-bond donors (Lipinski definition) is 2. The number of anilines is 1. The third kappa shape index (κ3) is 7.69. The second kappa shape index (κ2) is 13.1. The maximum Gasteiger partial charge on any atom is 0.247 e. The number of carbonyl (C=O) groups is 3. The van der Waals surface area contributed by atoms with Gasteiger partial charge >= 0.3 is 0 Å². The van der Waals surface area contributed by atoms with Crippen molar-refractivity contribution >= 4 is 34.9 Å². The molecule has 37 heavy (non-hydrogen) atoms. The minimum absolute atomic E-state index is 0.0735. The molecule has 1 aliphatic carbocycles. The first-order chi connectivity index (χ1) is 18.0. The number of carbonyl (C=O) groups excluding carboxylic acids is 3. The number of thiophene rings is 1. The van der Waals surface area contributed by atoms with E-state index in [1.807, 2.05) is 17.5 Å². The maximum atomic E-state index is 13.7. The number of aromatic nitrogens is 1. The molecule has 2 aromatic heterocycles. The Morgan fingerprint density at radius 3 is 2.49 bits per heavy atom. The van der Waals surface area contributed by atoms with Gasteiger partial charge in [0.15, 0.2) is 0 Å². The molecule has 3 amide bonds. The van der Waals surface area contributed by atoms with Crippen LogP contribution in [0.2, 0.25) is 0 Å². The number of hydrogen-bond acceptors (Lipinski definition) is 5. The molecule has 1 aromatic carbocycles. The summed E-state index contributed by atoms with van der Waals surface area (Å²) in [5.41, 5.74) is 0.551. The molecule has 0 unspecified atom stereocenters. The van der Waals surface area contributed by atoms with Gasteiger partial charge in [0.2, 0.25) is 17.7 Å². The number of nitrogens with one attached hydrogen (secondary N) is 2. The molecule has 194 valence electrons. The zero-order valence-corrected chi connectivity index (χ0v) is 21.4. The highest BCUT2D eigenvalue weighted by atomic mass is 32.1. The van der Waals surface area contributed by atoms with Crippen molar-refractivity contribution in [1.82, 2.24) is 15.2 Å². The molecule has 1 saturated carbocycles. The monoisotopic (exact) mass is 522 g/mol. The van der Waals surface area contributed by atoms with E-state index in [-0.39, 0.29) is 43.1 Å². The summed E-state index contributed by atoms with van der Waals surface area (Å²) in [5, 5.41) is 7.76. The average Bonchev–Trinajstić information content (AvgIpc) is 3.60. The summed E-state index contributed by atoms with van der Waals surface area (Å²) in [6, 6.07) is 14.0. The fourth-order valence-electron chi connectivity index (χ4n) is 4.55. The number of amides is 3. The van der Waals surface area contributed by atoms with Crippen LogP contribution in [0.4, 0.5) is 10.2 Å². The van der Waals surface area contributed by atoms with E-state index in [9.17, 15) is 18.8 Å². The molecule has 0 saturated heterocycles. The van der Waals surface area contributed by atoms with E-state index in [0.29, 0.717) is 17.8 Å². The molecule has 0 radical (unpaired) electrons. The molecule has 1 aliphatic rings. The van der Waals surface area contributed by atoms with Crippen molar-refractivity contribution in [3.63, 3.8) is 0 Å². The lowest BCUT2D eigenvalue weighted by atomic mass is 10.0. The first-order valence-corrected chi connectivity index (χ1v) is 13.5. The van der Waals surface area contributed by atoms with Crippen molar-refractivity contribution in [1.29, 1.82) is 0 Å². The highest BCUT2D eigenvalue weighted by Crippen LogP contribution is 2.28. The summed E-state index contributed by atoms with van der Waals surface area (Å²) in [4.78, 5) is 46.0. The molecule has 0 aliphatic heterocycles. The van der Waals surface area contributed by atoms with Gasteiger partial charge < -0.3 is 15.5 Å². The summed E-state index contributed by atoms with van der Waals surface area (Å²) >= 11 is 1.50. The smallest absolute Gasteiger partial charge is 0.247 e. The van der Waals surface area contributed by atoms with Gasteiger partial charge in [-0.15, -0.1) is 11.3 Å². The first kappa shape index (κ1) is 26.5. The summed E-state index contributed by atoms with van der Waals surface area (Å²) in [7, 11) is 0. The lowest BCUT2D eigenvalue weighted by Crippen LogP contribution is -2.45. The standard InChI is InChI=1S/C28H31FN4O3S/c29-21-15-13-20(14-16-21)27(28(36)31-22-7-1-2-8-22)33(19-23-9-6-18-37-23)26(35)12-5-11-25(34)32-24-10-3-4-17-30-24/h3-4,6,9-10,13-18,22,27H,1-2,5,7-8,11-12,19H2,(H,31,36)(H,30,32,34)/t27-/m1/s1. The zero-order chi connectivity index (χ0) is 26.0. The van der Waals surface area contributed by atoms with Crippen LogP contribution >= 0.6 is 11.3 Å². The van der Waals surface area contributed by atoms with E-state index < -0.39 is 11.9 Å². The Hall–Kier alpha value is -3.59. The van der Waals surface area contributed by atoms with Crippen molar-refractivity contribution in [3.05, 3.63) is 82.4 Å². The molecular weight excluding hydrogens is 491 g/mol. The lowest BCUT2D eigenvalue weighted by molar-refractivity contribution is -0.142. The highest BCUT2D eigenvalue weighted by Gasteiger charge is 2.33. The van der Waals surface area contributed by atoms with Gasteiger partial charge in [-0.1, -0.05) is 37.1 Å². The van der Waals surface area contributed by atoms with Gasteiger partial charge in [0.05, 0.1) is 6.54 Å². The predicted octanol–water partition coefficient (Wildman–Crippen LogP) is 5.22. The molecular formula is C28H31FN4O3S. The number of pyridine rings is 1. The molecule has 0 bridgehead atoms. The third-order valence-corrected chi connectivity index (χ3v) is 7.26. The van der Waals surface area contributed by atoms with Crippen LogP contribution in [0, 0.1) is 5.82 Å². The molecule has 1 atom stereocenters. The molecule has 0 spiro atoms. The van der Waals surface area contributed by atoms with Crippen LogP contribution in [-0.4, -0.2) is 33.6 Å². The zero-order valence-electron chi connectivity index (χ0n) is 20.6. The maximum absolute atomic E-state index is 13.7. The van der Waals surface area contributed by atoms with Gasteiger partial charge in [-0.2, -0.15) is 0 Å². The minimum Gasteiger partial charge on any atom is -0.351 e. The number of rotatable bonds is 11. The summed E-state index contributed by atoms with van der Waals surface area (Å²) in [6.45, 7) is 0.247. The van der Waals surface area contributed by atoms with E-state index >= 15 is 0 Å². The van der Waals surface area contributed by atoms with Gasteiger partial charge in [-0.05, 0) is 60.5 Å². The second-order valence-corrected chi connectivity index (χ2v) is 10.2. The Morgan fingerprint density at radius 1 is 1.03 bits per heavy atom. The van der Waals surface area contributed by atoms with Gasteiger partial charge in [0.1, 0.15) is 17.7 Å². The van der Waals surface area contributed by atoms with E-state index in [0.717, 1.165) is 30.6 Å². The number of halogens is 1. The van der Waals surface area contributed by atoms with E-state index in [1.165, 1.54) is 23.5 Å². The fourth-order valence-corrected chi connectivity index (χ4v) is 5.25. The van der Waals surface area contributed by atoms with Gasteiger partial charge in [0, 0.05) is 30.0 Å². The molecule has 2 N–H and O–H groups in total. The van der Waals surface area contributed by atoms with Crippen LogP contribution in [-0.2, 0) is 20.9 Å².